The first-order valence-corrected chi connectivity index (χ1v) is 8.34. The van der Waals surface area contributed by atoms with Gasteiger partial charge < -0.3 is 9.84 Å². The first-order chi connectivity index (χ1) is 10.00. The van der Waals surface area contributed by atoms with Crippen molar-refractivity contribution in [3.05, 3.63) is 17.8 Å². The first kappa shape index (κ1) is 14.8. The number of aliphatic hydroxyl groups is 1. The van der Waals surface area contributed by atoms with Crippen LogP contribution < -0.4 is 9.64 Å². The van der Waals surface area contributed by atoms with Crippen LogP contribution in [0.2, 0.25) is 0 Å². The number of carbonyl (C=O) groups excluding carboxylic acids is 1. The summed E-state index contributed by atoms with van der Waals surface area (Å²) in [6.45, 7) is 2.40. The SMILES string of the molecule is CC1(O)CC(N2C(=O)CCc3cc(OCCBr)cnc32)C1. The van der Waals surface area contributed by atoms with E-state index in [1.54, 1.807) is 11.1 Å². The van der Waals surface area contributed by atoms with Gasteiger partial charge in [0.25, 0.3) is 0 Å². The summed E-state index contributed by atoms with van der Waals surface area (Å²) in [6, 6.07) is 2.04. The van der Waals surface area contributed by atoms with Crippen LogP contribution in [0.4, 0.5) is 5.82 Å². The number of aryl methyl sites for hydroxylation is 1. The lowest BCUT2D eigenvalue weighted by Crippen LogP contribution is -2.57. The van der Waals surface area contributed by atoms with Gasteiger partial charge in [-0.1, -0.05) is 15.9 Å². The molecule has 0 aromatic carbocycles. The smallest absolute Gasteiger partial charge is 0.228 e. The lowest BCUT2D eigenvalue weighted by atomic mass is 9.75. The van der Waals surface area contributed by atoms with Crippen LogP contribution in [0.25, 0.3) is 0 Å². The molecule has 3 rings (SSSR count). The van der Waals surface area contributed by atoms with E-state index in [0.29, 0.717) is 32.3 Å². The van der Waals surface area contributed by atoms with E-state index in [1.165, 1.54) is 0 Å². The number of amides is 1. The van der Waals surface area contributed by atoms with Crippen molar-refractivity contribution in [2.75, 3.05) is 16.8 Å². The Kier molecular flexibility index (Phi) is 3.92. The summed E-state index contributed by atoms with van der Waals surface area (Å²) in [5, 5.41) is 10.7. The number of nitrogens with zero attached hydrogens (tertiary/aromatic N) is 2. The number of aromatic nitrogens is 1. The minimum atomic E-state index is -0.651. The van der Waals surface area contributed by atoms with Gasteiger partial charge >= 0.3 is 0 Å². The van der Waals surface area contributed by atoms with Crippen LogP contribution in [0.1, 0.15) is 31.7 Å². The number of alkyl halides is 1. The topological polar surface area (TPSA) is 62.7 Å². The third-order valence-corrected chi connectivity index (χ3v) is 4.41. The summed E-state index contributed by atoms with van der Waals surface area (Å²) < 4.78 is 5.56. The van der Waals surface area contributed by atoms with E-state index < -0.39 is 5.60 Å². The molecule has 1 saturated carbocycles. The molecular formula is C15H19BrN2O3. The van der Waals surface area contributed by atoms with E-state index in [2.05, 4.69) is 20.9 Å². The van der Waals surface area contributed by atoms with Crippen LogP contribution in [-0.4, -0.2) is 39.6 Å². The molecule has 0 bridgehead atoms. The molecule has 0 unspecified atom stereocenters. The molecular weight excluding hydrogens is 336 g/mol. The molecule has 6 heteroatoms. The van der Waals surface area contributed by atoms with Crippen LogP contribution >= 0.6 is 15.9 Å². The molecule has 5 nitrogen and oxygen atoms in total. The summed E-state index contributed by atoms with van der Waals surface area (Å²) >= 11 is 3.32. The molecule has 1 aromatic heterocycles. The molecule has 114 valence electrons. The highest BCUT2D eigenvalue weighted by Gasteiger charge is 2.45. The van der Waals surface area contributed by atoms with Gasteiger partial charge in [0.15, 0.2) is 0 Å². The number of fused-ring (bicyclic) bond motifs is 1. The van der Waals surface area contributed by atoms with Crippen LogP contribution in [0.3, 0.4) is 0 Å². The molecule has 1 aliphatic heterocycles. The van der Waals surface area contributed by atoms with E-state index in [9.17, 15) is 9.90 Å². The van der Waals surface area contributed by atoms with E-state index in [-0.39, 0.29) is 11.9 Å². The average Bonchev–Trinajstić information content (AvgIpc) is 2.42. The second-order valence-corrected chi connectivity index (χ2v) is 6.81. The number of halogens is 1. The zero-order valence-corrected chi connectivity index (χ0v) is 13.6. The van der Waals surface area contributed by atoms with E-state index in [1.807, 2.05) is 13.0 Å². The number of pyridine rings is 1. The maximum Gasteiger partial charge on any atom is 0.228 e. The van der Waals surface area contributed by atoms with Crippen molar-refractivity contribution in [2.45, 2.75) is 44.2 Å². The third kappa shape index (κ3) is 2.92. The quantitative estimate of drug-likeness (QED) is 0.840. The number of ether oxygens (including phenoxy) is 1. The molecule has 21 heavy (non-hydrogen) atoms. The largest absolute Gasteiger partial charge is 0.491 e. The molecule has 1 aromatic rings. The second-order valence-electron chi connectivity index (χ2n) is 6.01. The molecule has 2 aliphatic rings. The molecule has 1 fully saturated rings. The zero-order chi connectivity index (χ0) is 15.0. The molecule has 0 spiro atoms. The predicted octanol–water partition coefficient (Wildman–Crippen LogP) is 2.05. The lowest BCUT2D eigenvalue weighted by molar-refractivity contribution is -0.121. The van der Waals surface area contributed by atoms with Gasteiger partial charge in [-0.05, 0) is 37.8 Å². The number of carbonyl (C=O) groups is 1. The summed E-state index contributed by atoms with van der Waals surface area (Å²) in [4.78, 5) is 18.4. The maximum atomic E-state index is 12.2. The summed E-state index contributed by atoms with van der Waals surface area (Å²) in [5.41, 5.74) is 0.398. The second kappa shape index (κ2) is 5.57. The van der Waals surface area contributed by atoms with Gasteiger partial charge in [-0.15, -0.1) is 0 Å². The maximum absolute atomic E-state index is 12.2. The fraction of sp³-hybridized carbons (Fsp3) is 0.600. The van der Waals surface area contributed by atoms with E-state index in [0.717, 1.165) is 22.5 Å². The highest BCUT2D eigenvalue weighted by atomic mass is 79.9. The van der Waals surface area contributed by atoms with Crippen LogP contribution in [0, 0.1) is 0 Å². The third-order valence-electron chi connectivity index (χ3n) is 4.08. The normalized spacial score (nSPS) is 28.0. The molecule has 2 heterocycles. The Morgan fingerprint density at radius 3 is 2.95 bits per heavy atom. The lowest BCUT2D eigenvalue weighted by Gasteiger charge is -2.47. The van der Waals surface area contributed by atoms with Crippen molar-refractivity contribution in [3.8, 4) is 5.75 Å². The van der Waals surface area contributed by atoms with Crippen LogP contribution in [-0.2, 0) is 11.2 Å². The van der Waals surface area contributed by atoms with Gasteiger partial charge in [0.1, 0.15) is 11.6 Å². The Hall–Kier alpha value is -1.14. The molecule has 0 saturated heterocycles. The monoisotopic (exact) mass is 354 g/mol. The number of rotatable bonds is 4. The summed E-state index contributed by atoms with van der Waals surface area (Å²) in [6.07, 6.45) is 4.09. The average molecular weight is 355 g/mol. The summed E-state index contributed by atoms with van der Waals surface area (Å²) in [5.74, 6) is 1.57. The van der Waals surface area contributed by atoms with Crippen LogP contribution in [0.5, 0.6) is 5.75 Å². The Bertz CT molecular complexity index is 554. The predicted molar refractivity (Wildman–Crippen MR) is 83.0 cm³/mol. The minimum Gasteiger partial charge on any atom is -0.491 e. The minimum absolute atomic E-state index is 0.0633. The van der Waals surface area contributed by atoms with E-state index in [4.69, 9.17) is 4.74 Å². The molecule has 0 atom stereocenters. The van der Waals surface area contributed by atoms with Gasteiger partial charge in [-0.25, -0.2) is 4.98 Å². The Balaban J connectivity index is 1.83. The Morgan fingerprint density at radius 2 is 2.29 bits per heavy atom. The zero-order valence-electron chi connectivity index (χ0n) is 12.0. The van der Waals surface area contributed by atoms with Crippen molar-refractivity contribution >= 4 is 27.7 Å². The van der Waals surface area contributed by atoms with Gasteiger partial charge in [0, 0.05) is 17.8 Å². The van der Waals surface area contributed by atoms with Crippen molar-refractivity contribution < 1.29 is 14.6 Å². The van der Waals surface area contributed by atoms with Gasteiger partial charge in [0.2, 0.25) is 5.91 Å². The number of hydrogen-bond donors (Lipinski definition) is 1. The number of anilines is 1. The van der Waals surface area contributed by atoms with Crippen LogP contribution in [0.15, 0.2) is 12.3 Å². The molecule has 1 aliphatic carbocycles. The molecule has 1 N–H and O–H groups in total. The fourth-order valence-electron chi connectivity index (χ4n) is 3.11. The highest BCUT2D eigenvalue weighted by molar-refractivity contribution is 9.09. The Morgan fingerprint density at radius 1 is 1.52 bits per heavy atom. The van der Waals surface area contributed by atoms with Gasteiger partial charge in [-0.3, -0.25) is 9.69 Å². The van der Waals surface area contributed by atoms with E-state index >= 15 is 0 Å². The standard InChI is InChI=1S/C15H19BrN2O3/c1-15(20)7-11(8-15)18-13(19)3-2-10-6-12(21-5-4-16)9-17-14(10)18/h6,9,11,20H,2-5,7-8H2,1H3. The first-order valence-electron chi connectivity index (χ1n) is 7.22. The van der Waals surface area contributed by atoms with Crippen molar-refractivity contribution in [1.82, 2.24) is 4.98 Å². The van der Waals surface area contributed by atoms with Gasteiger partial charge in [-0.2, -0.15) is 0 Å². The molecule has 0 radical (unpaired) electrons. The fourth-order valence-corrected chi connectivity index (χ4v) is 3.27. The Labute approximate surface area is 132 Å². The number of hydrogen-bond acceptors (Lipinski definition) is 4. The molecule has 1 amide bonds. The van der Waals surface area contributed by atoms with Crippen molar-refractivity contribution in [2.24, 2.45) is 0 Å². The highest BCUT2D eigenvalue weighted by Crippen LogP contribution is 2.40. The van der Waals surface area contributed by atoms with Crippen molar-refractivity contribution in [1.29, 1.82) is 0 Å². The van der Waals surface area contributed by atoms with Gasteiger partial charge in [0.05, 0.1) is 18.4 Å². The summed E-state index contributed by atoms with van der Waals surface area (Å²) in [7, 11) is 0. The van der Waals surface area contributed by atoms with Crippen molar-refractivity contribution in [3.63, 3.8) is 0 Å².